The van der Waals surface area contributed by atoms with Gasteiger partial charge in [-0.1, -0.05) is 12.1 Å². The molecule has 4 rings (SSSR count). The molecule has 1 aliphatic heterocycles. The van der Waals surface area contributed by atoms with Crippen LogP contribution in [0.25, 0.3) is 0 Å². The summed E-state index contributed by atoms with van der Waals surface area (Å²) in [6.45, 7) is 1.05. The van der Waals surface area contributed by atoms with Crippen LogP contribution in [-0.2, 0) is 10.2 Å². The topological polar surface area (TPSA) is 86.5 Å². The number of pyridine rings is 1. The first-order valence-electron chi connectivity index (χ1n) is 10.8. The van der Waals surface area contributed by atoms with Crippen LogP contribution in [0.15, 0.2) is 47.6 Å². The second-order valence-electron chi connectivity index (χ2n) is 7.99. The van der Waals surface area contributed by atoms with Gasteiger partial charge in [-0.25, -0.2) is 9.99 Å². The second kappa shape index (κ2) is 9.61. The minimum atomic E-state index is -0.557. The zero-order chi connectivity index (χ0) is 22.6. The molecule has 8 heteroatoms. The summed E-state index contributed by atoms with van der Waals surface area (Å²) in [4.78, 5) is 31.4. The number of carbonyl (C=O) groups is 2. The molecule has 166 valence electrons. The Labute approximate surface area is 192 Å². The standard InChI is InChI=1S/C24H26N4O3S/c1-31-19-9-7-18(8-10-19)24(11-12-24)23(30)28-16-5-15-27(28)22(29)20-6-4-14-26-21(20)32-17-3-2-13-25/h4,6-10,14H,2-3,5,11-12,15-17H2,1H3. The molecule has 0 radical (unpaired) electrons. The Morgan fingerprint density at radius 1 is 1.19 bits per heavy atom. The van der Waals surface area contributed by atoms with Gasteiger partial charge in [0.25, 0.3) is 11.8 Å². The fourth-order valence-electron chi connectivity index (χ4n) is 4.07. The molecule has 2 fully saturated rings. The number of amides is 2. The van der Waals surface area contributed by atoms with Crippen molar-refractivity contribution in [1.82, 2.24) is 15.0 Å². The SMILES string of the molecule is COc1ccc(C2(C(=O)N3CCCN3C(=O)c3cccnc3SCCCC#N)CC2)cc1. The number of thioether (sulfide) groups is 1. The summed E-state index contributed by atoms with van der Waals surface area (Å²) in [5.74, 6) is 1.26. The van der Waals surface area contributed by atoms with Crippen LogP contribution in [-0.4, -0.2) is 52.8 Å². The maximum Gasteiger partial charge on any atom is 0.275 e. The van der Waals surface area contributed by atoms with Crippen LogP contribution in [0.5, 0.6) is 5.75 Å². The molecule has 32 heavy (non-hydrogen) atoms. The van der Waals surface area contributed by atoms with Crippen molar-refractivity contribution in [3.05, 3.63) is 53.7 Å². The Bertz CT molecular complexity index is 1030. The van der Waals surface area contributed by atoms with E-state index in [2.05, 4.69) is 11.1 Å². The van der Waals surface area contributed by atoms with Crippen LogP contribution in [0.3, 0.4) is 0 Å². The number of aromatic nitrogens is 1. The number of ether oxygens (including phenoxy) is 1. The number of unbranched alkanes of at least 4 members (excludes halogenated alkanes) is 1. The number of hydrazine groups is 1. The summed E-state index contributed by atoms with van der Waals surface area (Å²) in [5, 5.41) is 12.6. The summed E-state index contributed by atoms with van der Waals surface area (Å²) < 4.78 is 5.24. The fraction of sp³-hybridized carbons (Fsp3) is 0.417. The van der Waals surface area contributed by atoms with Crippen molar-refractivity contribution < 1.29 is 14.3 Å². The summed E-state index contributed by atoms with van der Waals surface area (Å²) in [6, 6.07) is 13.3. The van der Waals surface area contributed by atoms with Crippen molar-refractivity contribution in [2.45, 2.75) is 42.5 Å². The molecular weight excluding hydrogens is 424 g/mol. The fourth-order valence-corrected chi connectivity index (χ4v) is 5.00. The zero-order valence-electron chi connectivity index (χ0n) is 18.1. The smallest absolute Gasteiger partial charge is 0.275 e. The molecule has 2 aromatic rings. The lowest BCUT2D eigenvalue weighted by molar-refractivity contribution is -0.143. The number of methoxy groups -OCH3 is 1. The Hall–Kier alpha value is -3.05. The van der Waals surface area contributed by atoms with Gasteiger partial charge in [-0.05, 0) is 55.5 Å². The number of carbonyl (C=O) groups excluding carboxylic acids is 2. The molecule has 7 nitrogen and oxygen atoms in total. The lowest BCUT2D eigenvalue weighted by Crippen LogP contribution is -2.49. The highest BCUT2D eigenvalue weighted by atomic mass is 32.2. The Balaban J connectivity index is 1.52. The number of hydrogen-bond acceptors (Lipinski definition) is 6. The number of nitrogens with zero attached hydrogens (tertiary/aromatic N) is 4. The molecule has 0 spiro atoms. The van der Waals surface area contributed by atoms with E-state index >= 15 is 0 Å². The van der Waals surface area contributed by atoms with Crippen molar-refractivity contribution in [2.75, 3.05) is 26.0 Å². The third-order valence-corrected chi connectivity index (χ3v) is 7.07. The quantitative estimate of drug-likeness (QED) is 0.449. The van der Waals surface area contributed by atoms with E-state index in [1.807, 2.05) is 24.3 Å². The van der Waals surface area contributed by atoms with Gasteiger partial charge in [0.05, 0.1) is 24.2 Å². The molecule has 1 saturated heterocycles. The van der Waals surface area contributed by atoms with Gasteiger partial charge in [0, 0.05) is 31.5 Å². The monoisotopic (exact) mass is 450 g/mol. The predicted molar refractivity (Wildman–Crippen MR) is 121 cm³/mol. The highest BCUT2D eigenvalue weighted by molar-refractivity contribution is 7.99. The van der Waals surface area contributed by atoms with E-state index in [1.165, 1.54) is 11.8 Å². The minimum absolute atomic E-state index is 0.0133. The van der Waals surface area contributed by atoms with Gasteiger partial charge in [0.15, 0.2) is 0 Å². The molecule has 0 N–H and O–H groups in total. The summed E-state index contributed by atoms with van der Waals surface area (Å²) in [5.41, 5.74) is 0.917. The van der Waals surface area contributed by atoms with E-state index in [0.29, 0.717) is 35.9 Å². The van der Waals surface area contributed by atoms with Crippen molar-refractivity contribution in [3.8, 4) is 11.8 Å². The molecule has 1 aromatic carbocycles. The molecule has 2 aliphatic rings. The van der Waals surface area contributed by atoms with E-state index in [4.69, 9.17) is 10.00 Å². The maximum absolute atomic E-state index is 13.6. The lowest BCUT2D eigenvalue weighted by atomic mass is 9.94. The number of rotatable bonds is 8. The Morgan fingerprint density at radius 3 is 2.62 bits per heavy atom. The Morgan fingerprint density at radius 2 is 1.94 bits per heavy atom. The van der Waals surface area contributed by atoms with Gasteiger partial charge in [0.2, 0.25) is 0 Å². The first-order chi connectivity index (χ1) is 15.6. The van der Waals surface area contributed by atoms with Crippen molar-refractivity contribution in [2.24, 2.45) is 0 Å². The molecule has 2 heterocycles. The van der Waals surface area contributed by atoms with Crippen molar-refractivity contribution in [3.63, 3.8) is 0 Å². The molecule has 1 aliphatic carbocycles. The predicted octanol–water partition coefficient (Wildman–Crippen LogP) is 3.81. The largest absolute Gasteiger partial charge is 0.497 e. The molecule has 0 atom stereocenters. The molecular formula is C24H26N4O3S. The normalized spacial score (nSPS) is 16.5. The Kier molecular flexibility index (Phi) is 6.66. The molecule has 1 aromatic heterocycles. The molecule has 2 amide bonds. The highest BCUT2D eigenvalue weighted by Crippen LogP contribution is 2.50. The summed E-state index contributed by atoms with van der Waals surface area (Å²) in [6.07, 6.45) is 5.20. The van der Waals surface area contributed by atoms with Crippen LogP contribution in [0.1, 0.15) is 48.0 Å². The van der Waals surface area contributed by atoms with E-state index in [0.717, 1.165) is 37.0 Å². The number of benzene rings is 1. The first kappa shape index (κ1) is 22.2. The highest BCUT2D eigenvalue weighted by Gasteiger charge is 2.55. The average molecular weight is 451 g/mol. The van der Waals surface area contributed by atoms with E-state index in [9.17, 15) is 9.59 Å². The van der Waals surface area contributed by atoms with Crippen LogP contribution in [0.2, 0.25) is 0 Å². The van der Waals surface area contributed by atoms with Gasteiger partial charge in [-0.3, -0.25) is 14.6 Å². The minimum Gasteiger partial charge on any atom is -0.497 e. The molecule has 0 bridgehead atoms. The number of hydrogen-bond donors (Lipinski definition) is 0. The van der Waals surface area contributed by atoms with E-state index in [-0.39, 0.29) is 11.8 Å². The zero-order valence-corrected chi connectivity index (χ0v) is 18.9. The summed E-state index contributed by atoms with van der Waals surface area (Å²) >= 11 is 1.48. The average Bonchev–Trinajstić information content (AvgIpc) is 3.50. The lowest BCUT2D eigenvalue weighted by Gasteiger charge is -2.31. The van der Waals surface area contributed by atoms with Crippen LogP contribution in [0, 0.1) is 11.3 Å². The maximum atomic E-state index is 13.6. The van der Waals surface area contributed by atoms with Crippen molar-refractivity contribution >= 4 is 23.6 Å². The van der Waals surface area contributed by atoms with Crippen LogP contribution < -0.4 is 4.74 Å². The van der Waals surface area contributed by atoms with E-state index < -0.39 is 5.41 Å². The first-order valence-corrected chi connectivity index (χ1v) is 11.8. The van der Waals surface area contributed by atoms with Gasteiger partial charge in [-0.2, -0.15) is 5.26 Å². The van der Waals surface area contributed by atoms with Gasteiger partial charge in [0.1, 0.15) is 10.8 Å². The number of nitriles is 1. The van der Waals surface area contributed by atoms with Crippen LogP contribution in [0.4, 0.5) is 0 Å². The summed E-state index contributed by atoms with van der Waals surface area (Å²) in [7, 11) is 1.62. The van der Waals surface area contributed by atoms with E-state index in [1.54, 1.807) is 35.5 Å². The third kappa shape index (κ3) is 4.30. The van der Waals surface area contributed by atoms with Crippen LogP contribution >= 0.6 is 11.8 Å². The van der Waals surface area contributed by atoms with Gasteiger partial charge >= 0.3 is 0 Å². The van der Waals surface area contributed by atoms with Crippen molar-refractivity contribution in [1.29, 1.82) is 5.26 Å². The molecule has 1 saturated carbocycles. The van der Waals surface area contributed by atoms with Gasteiger partial charge < -0.3 is 4.74 Å². The third-order valence-electron chi connectivity index (χ3n) is 5.98. The van der Waals surface area contributed by atoms with Gasteiger partial charge in [-0.15, -0.1) is 11.8 Å². The molecule has 0 unspecified atom stereocenters. The second-order valence-corrected chi connectivity index (χ2v) is 9.07.